The van der Waals surface area contributed by atoms with Crippen LogP contribution < -0.4 is 4.74 Å². The van der Waals surface area contributed by atoms with Gasteiger partial charge in [0.2, 0.25) is 0 Å². The van der Waals surface area contributed by atoms with Gasteiger partial charge >= 0.3 is 0 Å². The SMILES string of the molecule is O=C1c2cc(O)c(O)cc2[C@@H]2c3ccc(O)cc3OCC12. The van der Waals surface area contributed by atoms with Crippen molar-refractivity contribution >= 4 is 5.78 Å². The van der Waals surface area contributed by atoms with E-state index in [1.165, 1.54) is 18.2 Å². The number of Topliss-reactive ketones (excluding diaryl/α,β-unsaturated/α-hetero) is 1. The molecule has 1 heterocycles. The molecule has 106 valence electrons. The third-order valence-corrected chi connectivity index (χ3v) is 4.24. The summed E-state index contributed by atoms with van der Waals surface area (Å²) >= 11 is 0. The first-order valence-electron chi connectivity index (χ1n) is 6.62. The van der Waals surface area contributed by atoms with Crippen LogP contribution in [0.5, 0.6) is 23.0 Å². The number of carbonyl (C=O) groups excluding carboxylic acids is 1. The Labute approximate surface area is 120 Å². The van der Waals surface area contributed by atoms with Gasteiger partial charge in [0.25, 0.3) is 0 Å². The maximum absolute atomic E-state index is 12.4. The minimum absolute atomic E-state index is 0.0935. The molecule has 0 saturated heterocycles. The summed E-state index contributed by atoms with van der Waals surface area (Å²) in [6.07, 6.45) is 0. The fourth-order valence-corrected chi connectivity index (χ4v) is 3.27. The van der Waals surface area contributed by atoms with E-state index >= 15 is 0 Å². The quantitative estimate of drug-likeness (QED) is 0.645. The van der Waals surface area contributed by atoms with Gasteiger partial charge in [0, 0.05) is 23.1 Å². The van der Waals surface area contributed by atoms with E-state index in [4.69, 9.17) is 4.74 Å². The number of phenols is 3. The molecule has 2 aliphatic rings. The van der Waals surface area contributed by atoms with E-state index in [2.05, 4.69) is 0 Å². The minimum Gasteiger partial charge on any atom is -0.508 e. The van der Waals surface area contributed by atoms with Crippen molar-refractivity contribution in [1.29, 1.82) is 0 Å². The maximum atomic E-state index is 12.4. The van der Waals surface area contributed by atoms with E-state index in [-0.39, 0.29) is 41.5 Å². The monoisotopic (exact) mass is 284 g/mol. The molecule has 5 nitrogen and oxygen atoms in total. The van der Waals surface area contributed by atoms with Crippen LogP contribution in [-0.2, 0) is 0 Å². The first kappa shape index (κ1) is 12.1. The first-order chi connectivity index (χ1) is 10.1. The number of phenolic OH excluding ortho intramolecular Hbond substituents is 3. The molecule has 1 aliphatic carbocycles. The molecule has 2 aromatic carbocycles. The number of aromatic hydroxyl groups is 3. The molecule has 0 saturated carbocycles. The molecule has 0 fully saturated rings. The van der Waals surface area contributed by atoms with Crippen LogP contribution in [0.15, 0.2) is 30.3 Å². The number of hydrogen-bond acceptors (Lipinski definition) is 5. The fourth-order valence-electron chi connectivity index (χ4n) is 3.27. The highest BCUT2D eigenvalue weighted by atomic mass is 16.5. The van der Waals surface area contributed by atoms with Gasteiger partial charge in [-0.1, -0.05) is 6.07 Å². The topological polar surface area (TPSA) is 87.0 Å². The molecule has 3 N–H and O–H groups in total. The highest BCUT2D eigenvalue weighted by molar-refractivity contribution is 6.05. The molecule has 1 aliphatic heterocycles. The van der Waals surface area contributed by atoms with Crippen molar-refractivity contribution in [1.82, 2.24) is 0 Å². The van der Waals surface area contributed by atoms with Crippen molar-refractivity contribution in [3.63, 3.8) is 0 Å². The van der Waals surface area contributed by atoms with Gasteiger partial charge in [-0.05, 0) is 23.8 Å². The predicted molar refractivity (Wildman–Crippen MR) is 73.0 cm³/mol. The Kier molecular flexibility index (Phi) is 2.25. The molecular weight excluding hydrogens is 272 g/mol. The lowest BCUT2D eigenvalue weighted by Gasteiger charge is -2.28. The van der Waals surface area contributed by atoms with E-state index in [1.807, 2.05) is 0 Å². The highest BCUT2D eigenvalue weighted by Gasteiger charge is 2.45. The van der Waals surface area contributed by atoms with Gasteiger partial charge in [0.15, 0.2) is 17.3 Å². The molecule has 1 unspecified atom stereocenters. The Balaban J connectivity index is 1.95. The van der Waals surface area contributed by atoms with Crippen LogP contribution in [0.1, 0.15) is 27.4 Å². The van der Waals surface area contributed by atoms with Crippen molar-refractivity contribution in [2.45, 2.75) is 5.92 Å². The average molecular weight is 284 g/mol. The molecule has 0 amide bonds. The number of hydrogen-bond donors (Lipinski definition) is 3. The second-order valence-electron chi connectivity index (χ2n) is 5.41. The Hall–Kier alpha value is -2.69. The molecule has 5 heteroatoms. The molecule has 21 heavy (non-hydrogen) atoms. The third kappa shape index (κ3) is 1.54. The van der Waals surface area contributed by atoms with E-state index in [0.717, 1.165) is 5.56 Å². The van der Waals surface area contributed by atoms with Crippen LogP contribution in [0.2, 0.25) is 0 Å². The summed E-state index contributed by atoms with van der Waals surface area (Å²) in [5.41, 5.74) is 1.92. The maximum Gasteiger partial charge on any atom is 0.170 e. The summed E-state index contributed by atoms with van der Waals surface area (Å²) in [7, 11) is 0. The largest absolute Gasteiger partial charge is 0.508 e. The number of carbonyl (C=O) groups is 1. The van der Waals surface area contributed by atoms with Gasteiger partial charge < -0.3 is 20.1 Å². The van der Waals surface area contributed by atoms with Gasteiger partial charge in [-0.2, -0.15) is 0 Å². The molecule has 2 aromatic rings. The summed E-state index contributed by atoms with van der Waals surface area (Å²) in [6.45, 7) is 0.218. The van der Waals surface area contributed by atoms with Crippen LogP contribution in [0.25, 0.3) is 0 Å². The van der Waals surface area contributed by atoms with Crippen molar-refractivity contribution in [3.05, 3.63) is 47.0 Å². The van der Waals surface area contributed by atoms with Gasteiger partial charge in [-0.25, -0.2) is 0 Å². The fraction of sp³-hybridized carbons (Fsp3) is 0.188. The van der Waals surface area contributed by atoms with Crippen LogP contribution in [0.4, 0.5) is 0 Å². The second-order valence-corrected chi connectivity index (χ2v) is 5.41. The third-order valence-electron chi connectivity index (χ3n) is 4.24. The summed E-state index contributed by atoms with van der Waals surface area (Å²) in [5, 5.41) is 28.9. The molecule has 0 spiro atoms. The van der Waals surface area contributed by atoms with Crippen molar-refractivity contribution < 1.29 is 24.9 Å². The standard InChI is InChI=1S/C16H12O5/c17-7-1-2-8-14(3-7)21-6-11-15(8)9-4-12(18)13(19)5-10(9)16(11)20/h1-5,11,15,17-19H,6H2/t11?,15-/m0/s1. The van der Waals surface area contributed by atoms with E-state index < -0.39 is 0 Å². The molecule has 0 aromatic heterocycles. The smallest absolute Gasteiger partial charge is 0.170 e. The number of fused-ring (bicyclic) bond motifs is 5. The average Bonchev–Trinajstić information content (AvgIpc) is 2.73. The Morgan fingerprint density at radius 1 is 1.00 bits per heavy atom. The molecule has 4 rings (SSSR count). The summed E-state index contributed by atoms with van der Waals surface area (Å²) < 4.78 is 5.57. The number of ketones is 1. The summed E-state index contributed by atoms with van der Waals surface area (Å²) in [5.74, 6) is -0.568. The normalized spacial score (nSPS) is 22.2. The van der Waals surface area contributed by atoms with Crippen LogP contribution >= 0.6 is 0 Å². The van der Waals surface area contributed by atoms with Gasteiger partial charge in [0.1, 0.15) is 11.5 Å². The summed E-state index contributed by atoms with van der Waals surface area (Å²) in [4.78, 5) is 12.4. The van der Waals surface area contributed by atoms with E-state index in [1.54, 1.807) is 12.1 Å². The van der Waals surface area contributed by atoms with Crippen molar-refractivity contribution in [2.75, 3.05) is 6.61 Å². The van der Waals surface area contributed by atoms with Crippen molar-refractivity contribution in [2.24, 2.45) is 5.92 Å². The minimum atomic E-state index is -0.363. The van der Waals surface area contributed by atoms with Crippen molar-refractivity contribution in [3.8, 4) is 23.0 Å². The Bertz CT molecular complexity index is 780. The number of ether oxygens (including phenoxy) is 1. The second kappa shape index (κ2) is 3.91. The van der Waals surface area contributed by atoms with Gasteiger partial charge in [0.05, 0.1) is 12.5 Å². The lowest BCUT2D eigenvalue weighted by atomic mass is 9.83. The summed E-state index contributed by atoms with van der Waals surface area (Å²) in [6, 6.07) is 7.55. The molecule has 0 radical (unpaired) electrons. The molecule has 0 bridgehead atoms. The van der Waals surface area contributed by atoms with Crippen LogP contribution in [-0.4, -0.2) is 27.7 Å². The van der Waals surface area contributed by atoms with E-state index in [9.17, 15) is 20.1 Å². The predicted octanol–water partition coefficient (Wildman–Crippen LogP) is 2.14. The lowest BCUT2D eigenvalue weighted by Crippen LogP contribution is -2.27. The molecular formula is C16H12O5. The Morgan fingerprint density at radius 2 is 1.76 bits per heavy atom. The Morgan fingerprint density at radius 3 is 2.57 bits per heavy atom. The number of rotatable bonds is 0. The van der Waals surface area contributed by atoms with Crippen LogP contribution in [0.3, 0.4) is 0 Å². The molecule has 2 atom stereocenters. The van der Waals surface area contributed by atoms with Crippen LogP contribution in [0, 0.1) is 5.92 Å². The lowest BCUT2D eigenvalue weighted by molar-refractivity contribution is 0.0864. The zero-order valence-corrected chi connectivity index (χ0v) is 10.9. The zero-order chi connectivity index (χ0) is 14.7. The first-order valence-corrected chi connectivity index (χ1v) is 6.62. The van der Waals surface area contributed by atoms with Gasteiger partial charge in [-0.3, -0.25) is 4.79 Å². The number of benzene rings is 2. The highest BCUT2D eigenvalue weighted by Crippen LogP contribution is 2.50. The van der Waals surface area contributed by atoms with Gasteiger partial charge in [-0.15, -0.1) is 0 Å². The van der Waals surface area contributed by atoms with E-state index in [0.29, 0.717) is 16.9 Å². The zero-order valence-electron chi connectivity index (χ0n) is 10.9.